The van der Waals surface area contributed by atoms with Crippen molar-refractivity contribution in [2.75, 3.05) is 11.1 Å². The third kappa shape index (κ3) is 5.34. The van der Waals surface area contributed by atoms with Crippen LogP contribution in [0.1, 0.15) is 16.7 Å². The molecule has 3 rings (SSSR count). The Bertz CT molecular complexity index is 959. The molecule has 0 spiro atoms. The summed E-state index contributed by atoms with van der Waals surface area (Å²) < 4.78 is 1.57. The lowest BCUT2D eigenvalue weighted by Crippen LogP contribution is -2.20. The van der Waals surface area contributed by atoms with E-state index in [1.165, 1.54) is 11.8 Å². The van der Waals surface area contributed by atoms with E-state index >= 15 is 0 Å². The number of benzene rings is 2. The summed E-state index contributed by atoms with van der Waals surface area (Å²) in [5.41, 5.74) is 3.86. The average Bonchev–Trinajstić information content (AvgIpc) is 2.98. The molecule has 7 heteroatoms. The normalized spacial score (nSPS) is 10.7. The van der Waals surface area contributed by atoms with Crippen LogP contribution >= 0.6 is 11.8 Å². The molecule has 1 amide bonds. The maximum Gasteiger partial charge on any atom is 0.343 e. The maximum atomic E-state index is 12.2. The SMILES string of the molecule is Cc1cc(C)cc(NC(=O)CSc2n[nH]c(=O)n2CCc2ccccc2)c1. The van der Waals surface area contributed by atoms with Crippen LogP contribution in [0.2, 0.25) is 0 Å². The second kappa shape index (κ2) is 8.73. The third-order valence-electron chi connectivity index (χ3n) is 4.03. The van der Waals surface area contributed by atoms with Crippen molar-refractivity contribution in [3.63, 3.8) is 0 Å². The number of thioether (sulfide) groups is 1. The summed E-state index contributed by atoms with van der Waals surface area (Å²) in [4.78, 5) is 24.3. The number of rotatable bonds is 7. The van der Waals surface area contributed by atoms with Crippen molar-refractivity contribution in [3.05, 3.63) is 75.7 Å². The van der Waals surface area contributed by atoms with Gasteiger partial charge in [-0.15, -0.1) is 5.10 Å². The van der Waals surface area contributed by atoms with E-state index in [4.69, 9.17) is 0 Å². The molecule has 0 saturated carbocycles. The van der Waals surface area contributed by atoms with Crippen LogP contribution in [0.15, 0.2) is 58.5 Å². The minimum absolute atomic E-state index is 0.130. The second-order valence-electron chi connectivity index (χ2n) is 6.41. The molecule has 0 saturated heterocycles. The van der Waals surface area contributed by atoms with Crippen LogP contribution in [-0.2, 0) is 17.8 Å². The molecule has 0 aliphatic rings. The van der Waals surface area contributed by atoms with E-state index < -0.39 is 0 Å². The topological polar surface area (TPSA) is 79.8 Å². The fourth-order valence-corrected chi connectivity index (χ4v) is 3.64. The van der Waals surface area contributed by atoms with Crippen molar-refractivity contribution in [2.24, 2.45) is 0 Å². The van der Waals surface area contributed by atoms with Crippen LogP contribution in [-0.4, -0.2) is 26.4 Å². The average molecular weight is 382 g/mol. The molecular weight excluding hydrogens is 360 g/mol. The van der Waals surface area contributed by atoms with Gasteiger partial charge in [0.1, 0.15) is 0 Å². The monoisotopic (exact) mass is 382 g/mol. The Morgan fingerprint density at radius 3 is 2.56 bits per heavy atom. The standard InChI is InChI=1S/C20H22N4O2S/c1-14-10-15(2)12-17(11-14)21-18(25)13-27-20-23-22-19(26)24(20)9-8-16-6-4-3-5-7-16/h3-7,10-12H,8-9,13H2,1-2H3,(H,21,25)(H,22,26). The first-order valence-corrected chi connectivity index (χ1v) is 9.70. The Hall–Kier alpha value is -2.80. The Morgan fingerprint density at radius 2 is 1.85 bits per heavy atom. The van der Waals surface area contributed by atoms with E-state index in [9.17, 15) is 9.59 Å². The van der Waals surface area contributed by atoms with Crippen LogP contribution in [0.4, 0.5) is 5.69 Å². The zero-order chi connectivity index (χ0) is 19.2. The van der Waals surface area contributed by atoms with Crippen LogP contribution in [0, 0.1) is 13.8 Å². The van der Waals surface area contributed by atoms with Gasteiger partial charge in [-0.05, 0) is 49.1 Å². The number of nitrogens with one attached hydrogen (secondary N) is 2. The lowest BCUT2D eigenvalue weighted by atomic mass is 10.1. The van der Waals surface area contributed by atoms with Crippen molar-refractivity contribution in [1.82, 2.24) is 14.8 Å². The van der Waals surface area contributed by atoms with Gasteiger partial charge in [-0.25, -0.2) is 9.89 Å². The molecule has 3 aromatic rings. The Kier molecular flexibility index (Phi) is 6.13. The van der Waals surface area contributed by atoms with E-state index in [1.54, 1.807) is 4.57 Å². The number of hydrogen-bond donors (Lipinski definition) is 2. The summed E-state index contributed by atoms with van der Waals surface area (Å²) in [5, 5.41) is 9.92. The number of aryl methyl sites for hydroxylation is 3. The second-order valence-corrected chi connectivity index (χ2v) is 7.35. The van der Waals surface area contributed by atoms with E-state index in [1.807, 2.05) is 56.3 Å². The highest BCUT2D eigenvalue weighted by Gasteiger charge is 2.12. The first-order valence-electron chi connectivity index (χ1n) is 8.71. The number of H-pyrrole nitrogens is 1. The van der Waals surface area contributed by atoms with Gasteiger partial charge in [-0.3, -0.25) is 9.36 Å². The Labute approximate surface area is 162 Å². The Balaban J connectivity index is 1.59. The molecule has 6 nitrogen and oxygen atoms in total. The van der Waals surface area contributed by atoms with Crippen LogP contribution < -0.4 is 11.0 Å². The summed E-state index contributed by atoms with van der Waals surface area (Å²) in [6.07, 6.45) is 0.725. The summed E-state index contributed by atoms with van der Waals surface area (Å²) in [6.45, 7) is 4.50. The molecule has 0 radical (unpaired) electrons. The van der Waals surface area contributed by atoms with Gasteiger partial charge in [-0.2, -0.15) is 0 Å². The van der Waals surface area contributed by atoms with E-state index in [-0.39, 0.29) is 17.3 Å². The molecule has 1 aromatic heterocycles. The molecule has 0 aliphatic heterocycles. The predicted octanol–water partition coefficient (Wildman–Crippen LogP) is 3.16. The van der Waals surface area contributed by atoms with Crippen molar-refractivity contribution in [1.29, 1.82) is 0 Å². The molecule has 0 aliphatic carbocycles. The van der Waals surface area contributed by atoms with Gasteiger partial charge in [0, 0.05) is 12.2 Å². The first-order chi connectivity index (χ1) is 13.0. The molecule has 27 heavy (non-hydrogen) atoms. The van der Waals surface area contributed by atoms with Crippen LogP contribution in [0.5, 0.6) is 0 Å². The van der Waals surface area contributed by atoms with Crippen LogP contribution in [0.3, 0.4) is 0 Å². The first kappa shape index (κ1) is 19.0. The van der Waals surface area contributed by atoms with Crippen molar-refractivity contribution >= 4 is 23.4 Å². The lowest BCUT2D eigenvalue weighted by Gasteiger charge is -2.08. The minimum Gasteiger partial charge on any atom is -0.325 e. The number of aromatic nitrogens is 3. The van der Waals surface area contributed by atoms with Gasteiger partial charge in [0.15, 0.2) is 5.16 Å². The smallest absolute Gasteiger partial charge is 0.325 e. The summed E-state index contributed by atoms with van der Waals surface area (Å²) >= 11 is 1.25. The summed E-state index contributed by atoms with van der Waals surface area (Å²) in [7, 11) is 0. The number of hydrogen-bond acceptors (Lipinski definition) is 4. The molecule has 2 N–H and O–H groups in total. The summed E-state index contributed by atoms with van der Waals surface area (Å²) in [5.74, 6) is 0.0536. The molecule has 1 heterocycles. The number of carbonyl (C=O) groups excluding carboxylic acids is 1. The maximum absolute atomic E-state index is 12.2. The highest BCUT2D eigenvalue weighted by Crippen LogP contribution is 2.17. The molecule has 0 bridgehead atoms. The number of carbonyl (C=O) groups is 1. The van der Waals surface area contributed by atoms with Gasteiger partial charge in [0.05, 0.1) is 5.75 Å². The minimum atomic E-state index is -0.261. The fourth-order valence-electron chi connectivity index (χ4n) is 2.87. The fraction of sp³-hybridized carbons (Fsp3) is 0.250. The highest BCUT2D eigenvalue weighted by atomic mass is 32.2. The highest BCUT2D eigenvalue weighted by molar-refractivity contribution is 7.99. The van der Waals surface area contributed by atoms with Gasteiger partial charge in [0.25, 0.3) is 0 Å². The van der Waals surface area contributed by atoms with Gasteiger partial charge >= 0.3 is 5.69 Å². The Morgan fingerprint density at radius 1 is 1.15 bits per heavy atom. The van der Waals surface area contributed by atoms with Crippen molar-refractivity contribution < 1.29 is 4.79 Å². The number of amides is 1. The third-order valence-corrected chi connectivity index (χ3v) is 5.00. The van der Waals surface area contributed by atoms with Gasteiger partial charge < -0.3 is 5.32 Å². The largest absolute Gasteiger partial charge is 0.343 e. The van der Waals surface area contributed by atoms with Crippen LogP contribution in [0.25, 0.3) is 0 Å². The molecule has 0 atom stereocenters. The van der Waals surface area contributed by atoms with Gasteiger partial charge in [-0.1, -0.05) is 48.2 Å². The summed E-state index contributed by atoms with van der Waals surface area (Å²) in [6, 6.07) is 15.9. The molecule has 2 aromatic carbocycles. The number of anilines is 1. The quantitative estimate of drug-likeness (QED) is 0.615. The zero-order valence-corrected chi connectivity index (χ0v) is 16.2. The predicted molar refractivity (Wildman–Crippen MR) is 108 cm³/mol. The van der Waals surface area contributed by atoms with E-state index in [0.29, 0.717) is 11.7 Å². The number of nitrogens with zero attached hydrogens (tertiary/aromatic N) is 2. The zero-order valence-electron chi connectivity index (χ0n) is 15.4. The molecular formula is C20H22N4O2S. The van der Waals surface area contributed by atoms with E-state index in [0.717, 1.165) is 28.8 Å². The van der Waals surface area contributed by atoms with E-state index in [2.05, 4.69) is 21.6 Å². The molecule has 0 fully saturated rings. The number of aromatic amines is 1. The van der Waals surface area contributed by atoms with Gasteiger partial charge in [0.2, 0.25) is 5.91 Å². The lowest BCUT2D eigenvalue weighted by molar-refractivity contribution is -0.113. The molecule has 140 valence electrons. The van der Waals surface area contributed by atoms with Crippen molar-refractivity contribution in [2.45, 2.75) is 32.0 Å². The van der Waals surface area contributed by atoms with Crippen molar-refractivity contribution in [3.8, 4) is 0 Å². The molecule has 0 unspecified atom stereocenters.